The Bertz CT molecular complexity index is 998. The fourth-order valence-electron chi connectivity index (χ4n) is 3.76. The first-order chi connectivity index (χ1) is 13.1. The van der Waals surface area contributed by atoms with Crippen molar-refractivity contribution in [1.82, 2.24) is 9.21 Å². The van der Waals surface area contributed by atoms with Crippen LogP contribution in [0, 0.1) is 13.8 Å². The third kappa shape index (κ3) is 3.95. The molecule has 1 aliphatic heterocycles. The van der Waals surface area contributed by atoms with Gasteiger partial charge in [0.05, 0.1) is 11.1 Å². The van der Waals surface area contributed by atoms with Gasteiger partial charge in [-0.15, -0.1) is 0 Å². The molecule has 1 unspecified atom stereocenters. The third-order valence-corrected chi connectivity index (χ3v) is 7.38. The van der Waals surface area contributed by atoms with Crippen molar-refractivity contribution in [2.45, 2.75) is 37.6 Å². The van der Waals surface area contributed by atoms with E-state index in [1.807, 2.05) is 4.90 Å². The minimum Gasteiger partial charge on any atom is -0.332 e. The van der Waals surface area contributed by atoms with Gasteiger partial charge in [-0.2, -0.15) is 0 Å². The van der Waals surface area contributed by atoms with Crippen LogP contribution in [0.25, 0.3) is 0 Å². The van der Waals surface area contributed by atoms with Crippen LogP contribution < -0.4 is 0 Å². The van der Waals surface area contributed by atoms with Crippen molar-refractivity contribution >= 4 is 27.5 Å². The number of sulfonamides is 1. The van der Waals surface area contributed by atoms with Crippen LogP contribution in [0.3, 0.4) is 0 Å². The van der Waals surface area contributed by atoms with E-state index in [0.29, 0.717) is 12.1 Å². The van der Waals surface area contributed by atoms with Gasteiger partial charge in [0.25, 0.3) is 5.91 Å². The highest BCUT2D eigenvalue weighted by Gasteiger charge is 2.32. The molecular formula is C21H25ClN2O3S. The maximum Gasteiger partial charge on any atom is 0.254 e. The zero-order chi connectivity index (χ0) is 20.6. The lowest BCUT2D eigenvalue weighted by Gasteiger charge is -2.26. The van der Waals surface area contributed by atoms with E-state index < -0.39 is 10.0 Å². The lowest BCUT2D eigenvalue weighted by molar-refractivity contribution is 0.0735. The molecule has 7 heteroatoms. The Labute approximate surface area is 172 Å². The lowest BCUT2D eigenvalue weighted by atomic mass is 9.99. The molecule has 150 valence electrons. The second-order valence-electron chi connectivity index (χ2n) is 7.51. The average Bonchev–Trinajstić information content (AvgIpc) is 3.10. The molecule has 0 spiro atoms. The molecule has 5 nitrogen and oxygen atoms in total. The zero-order valence-corrected chi connectivity index (χ0v) is 18.1. The number of benzene rings is 2. The molecular weight excluding hydrogens is 396 g/mol. The molecule has 2 aromatic rings. The molecule has 0 saturated carbocycles. The summed E-state index contributed by atoms with van der Waals surface area (Å²) < 4.78 is 26.1. The first kappa shape index (κ1) is 20.8. The van der Waals surface area contributed by atoms with Crippen molar-refractivity contribution in [1.29, 1.82) is 0 Å². The highest BCUT2D eigenvalue weighted by Crippen LogP contribution is 2.35. The number of hydrogen-bond donors (Lipinski definition) is 0. The molecule has 1 amide bonds. The van der Waals surface area contributed by atoms with Crippen LogP contribution in [-0.4, -0.2) is 44.2 Å². The summed E-state index contributed by atoms with van der Waals surface area (Å²) in [5.74, 6) is -0.173. The van der Waals surface area contributed by atoms with Crippen molar-refractivity contribution in [2.75, 3.05) is 20.6 Å². The van der Waals surface area contributed by atoms with Crippen LogP contribution in [-0.2, 0) is 10.0 Å². The Morgan fingerprint density at radius 3 is 2.36 bits per heavy atom. The van der Waals surface area contributed by atoms with Crippen LogP contribution in [0.4, 0.5) is 0 Å². The third-order valence-electron chi connectivity index (χ3n) is 5.08. The Morgan fingerprint density at radius 1 is 1.11 bits per heavy atom. The Morgan fingerprint density at radius 2 is 1.75 bits per heavy atom. The second-order valence-corrected chi connectivity index (χ2v) is 10.0. The average molecular weight is 421 g/mol. The Hall–Kier alpha value is -1.89. The lowest BCUT2D eigenvalue weighted by Crippen LogP contribution is -2.31. The maximum absolute atomic E-state index is 13.2. The first-order valence-electron chi connectivity index (χ1n) is 9.22. The molecule has 1 saturated heterocycles. The smallest absolute Gasteiger partial charge is 0.254 e. The SMILES string of the molecule is Cc1cc(C)cc(C2CCCN2C(=O)c2ccc(Cl)c(S(=O)(=O)N(C)C)c2)c1. The van der Waals surface area contributed by atoms with Gasteiger partial charge < -0.3 is 4.90 Å². The van der Waals surface area contributed by atoms with Gasteiger partial charge in [-0.1, -0.05) is 40.9 Å². The number of carbonyl (C=O) groups is 1. The summed E-state index contributed by atoms with van der Waals surface area (Å²) >= 11 is 6.12. The molecule has 1 fully saturated rings. The monoisotopic (exact) mass is 420 g/mol. The van der Waals surface area contributed by atoms with E-state index in [2.05, 4.69) is 32.0 Å². The van der Waals surface area contributed by atoms with Crippen molar-refractivity contribution in [2.24, 2.45) is 0 Å². The van der Waals surface area contributed by atoms with Crippen LogP contribution >= 0.6 is 11.6 Å². The minimum atomic E-state index is -3.73. The fourth-order valence-corrected chi connectivity index (χ4v) is 5.15. The summed E-state index contributed by atoms with van der Waals surface area (Å²) in [7, 11) is -0.851. The van der Waals surface area contributed by atoms with Gasteiger partial charge >= 0.3 is 0 Å². The van der Waals surface area contributed by atoms with Crippen molar-refractivity contribution < 1.29 is 13.2 Å². The van der Waals surface area contributed by atoms with Gasteiger partial charge in [0.15, 0.2) is 0 Å². The molecule has 0 aromatic heterocycles. The number of hydrogen-bond acceptors (Lipinski definition) is 3. The summed E-state index contributed by atoms with van der Waals surface area (Å²) in [5.41, 5.74) is 3.79. The molecule has 1 atom stereocenters. The predicted octanol–water partition coefficient (Wildman–Crippen LogP) is 4.18. The Balaban J connectivity index is 1.97. The van der Waals surface area contributed by atoms with Gasteiger partial charge in [0.2, 0.25) is 10.0 Å². The molecule has 1 aliphatic rings. The van der Waals surface area contributed by atoms with Gasteiger partial charge in [-0.05, 0) is 50.5 Å². The van der Waals surface area contributed by atoms with E-state index in [0.717, 1.165) is 22.7 Å². The highest BCUT2D eigenvalue weighted by molar-refractivity contribution is 7.89. The molecule has 2 aromatic carbocycles. The van der Waals surface area contributed by atoms with E-state index >= 15 is 0 Å². The Kier molecular flexibility index (Phi) is 5.84. The molecule has 0 N–H and O–H groups in total. The normalized spacial score (nSPS) is 17.4. The van der Waals surface area contributed by atoms with Crippen LogP contribution in [0.1, 0.15) is 45.9 Å². The van der Waals surface area contributed by atoms with Crippen LogP contribution in [0.15, 0.2) is 41.3 Å². The molecule has 28 heavy (non-hydrogen) atoms. The zero-order valence-electron chi connectivity index (χ0n) is 16.6. The van der Waals surface area contributed by atoms with E-state index in [-0.39, 0.29) is 21.9 Å². The van der Waals surface area contributed by atoms with Crippen molar-refractivity contribution in [3.05, 3.63) is 63.7 Å². The van der Waals surface area contributed by atoms with Crippen molar-refractivity contribution in [3.63, 3.8) is 0 Å². The van der Waals surface area contributed by atoms with Crippen molar-refractivity contribution in [3.8, 4) is 0 Å². The summed E-state index contributed by atoms with van der Waals surface area (Å²) in [5, 5.41) is 0.109. The topological polar surface area (TPSA) is 57.7 Å². The van der Waals surface area contributed by atoms with E-state index in [4.69, 9.17) is 11.6 Å². The summed E-state index contributed by atoms with van der Waals surface area (Å²) in [4.78, 5) is 15.0. The molecule has 0 radical (unpaired) electrons. The summed E-state index contributed by atoms with van der Waals surface area (Å²) in [6.07, 6.45) is 1.81. The maximum atomic E-state index is 13.2. The van der Waals surface area contributed by atoms with E-state index in [9.17, 15) is 13.2 Å². The quantitative estimate of drug-likeness (QED) is 0.745. The minimum absolute atomic E-state index is 0.00400. The molecule has 0 aliphatic carbocycles. The van der Waals surface area contributed by atoms with Gasteiger partial charge in [-0.3, -0.25) is 4.79 Å². The van der Waals surface area contributed by atoms with E-state index in [1.54, 1.807) is 6.07 Å². The summed E-state index contributed by atoms with van der Waals surface area (Å²) in [6, 6.07) is 10.8. The van der Waals surface area contributed by atoms with E-state index in [1.165, 1.54) is 37.4 Å². The predicted molar refractivity (Wildman–Crippen MR) is 111 cm³/mol. The van der Waals surface area contributed by atoms with Gasteiger partial charge in [0, 0.05) is 26.2 Å². The highest BCUT2D eigenvalue weighted by atomic mass is 35.5. The number of likely N-dealkylation sites (tertiary alicyclic amines) is 1. The number of halogens is 1. The van der Waals surface area contributed by atoms with Gasteiger partial charge in [-0.25, -0.2) is 12.7 Å². The molecule has 1 heterocycles. The van der Waals surface area contributed by atoms with Crippen LogP contribution in [0.2, 0.25) is 5.02 Å². The standard InChI is InChI=1S/C21H25ClN2O3S/c1-14-10-15(2)12-17(11-14)19-6-5-9-24(19)21(25)16-7-8-18(22)20(13-16)28(26,27)23(3)4/h7-8,10-13,19H,5-6,9H2,1-4H3. The molecule has 0 bridgehead atoms. The largest absolute Gasteiger partial charge is 0.332 e. The molecule has 3 rings (SSSR count). The number of nitrogens with zero attached hydrogens (tertiary/aromatic N) is 2. The number of aryl methyl sites for hydroxylation is 2. The number of carbonyl (C=O) groups excluding carboxylic acids is 1. The van der Waals surface area contributed by atoms with Gasteiger partial charge in [0.1, 0.15) is 4.90 Å². The fraction of sp³-hybridized carbons (Fsp3) is 0.381. The number of amides is 1. The second kappa shape index (κ2) is 7.85. The summed E-state index contributed by atoms with van der Waals surface area (Å²) in [6.45, 7) is 4.75. The first-order valence-corrected chi connectivity index (χ1v) is 11.0. The number of rotatable bonds is 4. The van der Waals surface area contributed by atoms with Crippen LogP contribution in [0.5, 0.6) is 0 Å².